The molecule has 0 spiro atoms. The highest BCUT2D eigenvalue weighted by molar-refractivity contribution is 6.31. The summed E-state index contributed by atoms with van der Waals surface area (Å²) in [7, 11) is 5.08. The fraction of sp³-hybridized carbons (Fsp3) is 0.298. The SMILES string of the molecule is COC(=O)CCCc1ccc(C(=O)N2Cc3cnn(C)c3Cc3cc(Cl)ccc32)cc1F.Cn1ncc2c1Cc1cc(Cl)ccc1N(C(=O)c1ccc(CCCCO)c(F)c1)C2. The van der Waals surface area contributed by atoms with E-state index in [2.05, 4.69) is 14.9 Å². The highest BCUT2D eigenvalue weighted by atomic mass is 35.5. The summed E-state index contributed by atoms with van der Waals surface area (Å²) in [5, 5.41) is 18.8. The molecule has 1 N–H and O–H groups in total. The Morgan fingerprint density at radius 3 is 1.56 bits per heavy atom. The van der Waals surface area contributed by atoms with Crippen LogP contribution < -0.4 is 9.80 Å². The normalized spacial score (nSPS) is 12.8. The predicted octanol–water partition coefficient (Wildman–Crippen LogP) is 8.74. The van der Waals surface area contributed by atoms with Gasteiger partial charge in [-0.25, -0.2) is 8.78 Å². The van der Waals surface area contributed by atoms with Crippen molar-refractivity contribution < 1.29 is 33.0 Å². The van der Waals surface area contributed by atoms with Crippen molar-refractivity contribution >= 4 is 52.4 Å². The summed E-state index contributed by atoms with van der Waals surface area (Å²) < 4.78 is 37.6. The summed E-state index contributed by atoms with van der Waals surface area (Å²) in [5.74, 6) is -1.76. The van der Waals surface area contributed by atoms with Crippen molar-refractivity contribution in [3.8, 4) is 0 Å². The molecule has 0 radical (unpaired) electrons. The van der Waals surface area contributed by atoms with Crippen LogP contribution in [0.25, 0.3) is 0 Å². The van der Waals surface area contributed by atoms with Crippen molar-refractivity contribution in [2.75, 3.05) is 23.5 Å². The average Bonchev–Trinajstić information content (AvgIpc) is 3.65. The van der Waals surface area contributed by atoms with Gasteiger partial charge in [0.05, 0.1) is 32.6 Å². The largest absolute Gasteiger partial charge is 0.469 e. The van der Waals surface area contributed by atoms with Crippen LogP contribution in [0.2, 0.25) is 10.0 Å². The molecule has 15 heteroatoms. The summed E-state index contributed by atoms with van der Waals surface area (Å²) in [6.07, 6.45) is 7.68. The first-order chi connectivity index (χ1) is 29.8. The molecule has 62 heavy (non-hydrogen) atoms. The third-order valence-electron chi connectivity index (χ3n) is 11.3. The minimum absolute atomic E-state index is 0.0902. The van der Waals surface area contributed by atoms with Gasteiger partial charge in [0.1, 0.15) is 11.6 Å². The fourth-order valence-electron chi connectivity index (χ4n) is 7.92. The Morgan fingerprint density at radius 2 is 1.13 bits per heavy atom. The van der Waals surface area contributed by atoms with Gasteiger partial charge in [-0.1, -0.05) is 35.3 Å². The maximum absolute atomic E-state index is 14.7. The van der Waals surface area contributed by atoms with Gasteiger partial charge in [0.25, 0.3) is 11.8 Å². The van der Waals surface area contributed by atoms with E-state index in [0.717, 1.165) is 45.0 Å². The van der Waals surface area contributed by atoms with E-state index >= 15 is 0 Å². The number of carbonyl (C=O) groups excluding carboxylic acids is 3. The maximum Gasteiger partial charge on any atom is 0.305 e. The molecule has 2 aliphatic heterocycles. The summed E-state index contributed by atoms with van der Waals surface area (Å²) >= 11 is 12.4. The smallest absolute Gasteiger partial charge is 0.305 e. The van der Waals surface area contributed by atoms with E-state index in [1.165, 1.54) is 19.2 Å². The molecule has 2 amide bonds. The minimum Gasteiger partial charge on any atom is -0.469 e. The van der Waals surface area contributed by atoms with Gasteiger partial charge in [0, 0.05) is 95.0 Å². The fourth-order valence-corrected chi connectivity index (χ4v) is 8.31. The molecular formula is C47H46Cl2F2N6O5. The number of ether oxygens (including phenoxy) is 1. The van der Waals surface area contributed by atoms with Crippen LogP contribution in [0.3, 0.4) is 0 Å². The van der Waals surface area contributed by atoms with Gasteiger partial charge in [-0.3, -0.25) is 23.7 Å². The van der Waals surface area contributed by atoms with E-state index in [1.807, 2.05) is 43.0 Å². The third-order valence-corrected chi connectivity index (χ3v) is 11.8. The second kappa shape index (κ2) is 19.4. The number of anilines is 2. The molecule has 0 aliphatic carbocycles. The number of aliphatic hydroxyl groups excluding tert-OH is 1. The zero-order valence-corrected chi connectivity index (χ0v) is 36.1. The van der Waals surface area contributed by atoms with Gasteiger partial charge < -0.3 is 19.6 Å². The number of carbonyl (C=O) groups is 3. The summed E-state index contributed by atoms with van der Waals surface area (Å²) in [5.41, 5.74) is 8.86. The molecule has 6 aromatic rings. The van der Waals surface area contributed by atoms with Gasteiger partial charge in [-0.2, -0.15) is 10.2 Å². The molecule has 0 fully saturated rings. The van der Waals surface area contributed by atoms with Crippen molar-refractivity contribution in [1.82, 2.24) is 19.6 Å². The Bertz CT molecular complexity index is 2650. The number of benzene rings is 4. The van der Waals surface area contributed by atoms with Gasteiger partial charge in [-0.05, 0) is 115 Å². The molecule has 2 aliphatic rings. The lowest BCUT2D eigenvalue weighted by atomic mass is 10.0. The maximum atomic E-state index is 14.7. The Hall–Kier alpha value is -5.89. The molecule has 11 nitrogen and oxygen atoms in total. The second-order valence-corrected chi connectivity index (χ2v) is 16.3. The number of halogens is 4. The molecule has 322 valence electrons. The standard InChI is InChI=1S/C24H23ClFN3O3.C23H23ClFN3O2/c1-28-22-12-17-10-19(25)8-9-21(17)29(14-18(22)13-27-28)24(31)16-7-6-15(20(26)11-16)4-3-5-23(30)32-2;1-27-22-12-17-10-19(24)7-8-21(17)28(14-18(22)13-26-27)23(30)16-6-5-15(20(25)11-16)4-2-3-9-29/h6-11,13H,3-5,12,14H2,1-2H3;5-8,10-11,13,29H,2-4,9,12,14H2,1H3. The number of hydrogen-bond acceptors (Lipinski definition) is 7. The van der Waals surface area contributed by atoms with Crippen molar-refractivity contribution in [3.63, 3.8) is 0 Å². The van der Waals surface area contributed by atoms with Crippen LogP contribution in [-0.4, -0.2) is 56.2 Å². The number of fused-ring (bicyclic) bond motifs is 4. The molecule has 0 bridgehead atoms. The number of methoxy groups -OCH3 is 1. The Balaban J connectivity index is 0.000000187. The molecule has 4 heterocycles. The topological polar surface area (TPSA) is 123 Å². The first kappa shape index (κ1) is 44.2. The number of hydrogen-bond donors (Lipinski definition) is 1. The zero-order chi connectivity index (χ0) is 44.1. The van der Waals surface area contributed by atoms with Gasteiger partial charge in [0.2, 0.25) is 0 Å². The number of aromatic nitrogens is 4. The zero-order valence-electron chi connectivity index (χ0n) is 34.6. The van der Waals surface area contributed by atoms with Crippen LogP contribution >= 0.6 is 23.2 Å². The number of amides is 2. The summed E-state index contributed by atoms with van der Waals surface area (Å²) in [6, 6.07) is 20.0. The monoisotopic (exact) mass is 882 g/mol. The van der Waals surface area contributed by atoms with Gasteiger partial charge >= 0.3 is 5.97 Å². The number of unbranched alkanes of at least 4 members (excludes halogenated alkanes) is 1. The molecular weight excluding hydrogens is 837 g/mol. The van der Waals surface area contributed by atoms with Crippen LogP contribution in [0.15, 0.2) is 85.2 Å². The second-order valence-electron chi connectivity index (χ2n) is 15.4. The van der Waals surface area contributed by atoms with Crippen LogP contribution in [0, 0.1) is 11.6 Å². The average molecular weight is 884 g/mol. The van der Waals surface area contributed by atoms with Crippen LogP contribution in [0.1, 0.15) is 91.2 Å². The number of aliphatic hydroxyl groups is 1. The molecule has 0 unspecified atom stereocenters. The number of aryl methyl sites for hydroxylation is 4. The van der Waals surface area contributed by atoms with Crippen molar-refractivity contribution in [3.05, 3.63) is 163 Å². The summed E-state index contributed by atoms with van der Waals surface area (Å²) in [4.78, 5) is 41.4. The Morgan fingerprint density at radius 1 is 0.661 bits per heavy atom. The van der Waals surface area contributed by atoms with Gasteiger partial charge in [-0.15, -0.1) is 0 Å². The number of esters is 1. The lowest BCUT2D eigenvalue weighted by Gasteiger charge is -2.23. The molecule has 4 aromatic carbocycles. The Kier molecular flexibility index (Phi) is 13.8. The van der Waals surface area contributed by atoms with E-state index in [-0.39, 0.29) is 36.4 Å². The third kappa shape index (κ3) is 9.75. The van der Waals surface area contributed by atoms with Crippen LogP contribution in [-0.2, 0) is 62.4 Å². The molecule has 0 saturated carbocycles. The number of rotatable bonds is 10. The molecule has 0 atom stereocenters. The predicted molar refractivity (Wildman–Crippen MR) is 234 cm³/mol. The van der Waals surface area contributed by atoms with E-state index < -0.39 is 11.6 Å². The molecule has 2 aromatic heterocycles. The lowest BCUT2D eigenvalue weighted by molar-refractivity contribution is -0.140. The highest BCUT2D eigenvalue weighted by Gasteiger charge is 2.29. The van der Waals surface area contributed by atoms with Crippen molar-refractivity contribution in [2.24, 2.45) is 14.1 Å². The summed E-state index contributed by atoms with van der Waals surface area (Å²) in [6.45, 7) is 0.780. The Labute approximate surface area is 368 Å². The minimum atomic E-state index is -0.464. The van der Waals surface area contributed by atoms with Crippen molar-refractivity contribution in [2.45, 2.75) is 64.5 Å². The number of nitrogens with zero attached hydrogens (tertiary/aromatic N) is 6. The highest BCUT2D eigenvalue weighted by Crippen LogP contribution is 2.35. The van der Waals surface area contributed by atoms with Gasteiger partial charge in [0.15, 0.2) is 0 Å². The molecule has 0 saturated heterocycles. The lowest BCUT2D eigenvalue weighted by Crippen LogP contribution is -2.30. The molecule has 8 rings (SSSR count). The first-order valence-corrected chi connectivity index (χ1v) is 21.0. The van der Waals surface area contributed by atoms with Crippen LogP contribution in [0.4, 0.5) is 20.2 Å². The van der Waals surface area contributed by atoms with Crippen molar-refractivity contribution in [1.29, 1.82) is 0 Å². The van der Waals surface area contributed by atoms with E-state index in [9.17, 15) is 23.2 Å². The van der Waals surface area contributed by atoms with E-state index in [1.54, 1.807) is 63.3 Å². The first-order valence-electron chi connectivity index (χ1n) is 20.3. The quantitative estimate of drug-likeness (QED) is 0.108. The van der Waals surface area contributed by atoms with E-state index in [0.29, 0.717) is 84.8 Å². The van der Waals surface area contributed by atoms with Crippen LogP contribution in [0.5, 0.6) is 0 Å². The van der Waals surface area contributed by atoms with E-state index in [4.69, 9.17) is 28.3 Å².